The first-order chi connectivity index (χ1) is 9.77. The van der Waals surface area contributed by atoms with Crippen molar-refractivity contribution >= 4 is 22.5 Å². The number of H-pyrrole nitrogens is 1. The number of nitrogens with zero attached hydrogens (tertiary/aromatic N) is 2. The third kappa shape index (κ3) is 3.95. The predicted molar refractivity (Wildman–Crippen MR) is 87.6 cm³/mol. The first-order valence-electron chi connectivity index (χ1n) is 6.95. The molecule has 0 saturated carbocycles. The molecule has 0 unspecified atom stereocenters. The molecule has 0 saturated heterocycles. The molecule has 1 aromatic carbocycles. The molecule has 6 heteroatoms. The van der Waals surface area contributed by atoms with Crippen LogP contribution < -0.4 is 16.6 Å². The van der Waals surface area contributed by atoms with Gasteiger partial charge >= 0.3 is 0 Å². The van der Waals surface area contributed by atoms with Crippen molar-refractivity contribution in [2.45, 2.75) is 13.8 Å². The normalized spacial score (nSPS) is 12.0. The summed E-state index contributed by atoms with van der Waals surface area (Å²) in [5.74, 6) is 0.490. The van der Waals surface area contributed by atoms with Gasteiger partial charge in [-0.25, -0.2) is 4.98 Å². The highest BCUT2D eigenvalue weighted by Gasteiger charge is 2.19. The van der Waals surface area contributed by atoms with Gasteiger partial charge in [-0.05, 0) is 37.7 Å². The van der Waals surface area contributed by atoms with Gasteiger partial charge in [-0.3, -0.25) is 9.78 Å². The van der Waals surface area contributed by atoms with Gasteiger partial charge in [-0.2, -0.15) is 0 Å². The van der Waals surface area contributed by atoms with E-state index in [4.69, 9.17) is 5.73 Å². The van der Waals surface area contributed by atoms with Crippen LogP contribution in [0, 0.1) is 5.41 Å². The third-order valence-electron chi connectivity index (χ3n) is 3.21. The molecule has 0 aliphatic heterocycles. The number of hydrogen-bond acceptors (Lipinski definition) is 5. The van der Waals surface area contributed by atoms with Crippen molar-refractivity contribution in [3.8, 4) is 0 Å². The summed E-state index contributed by atoms with van der Waals surface area (Å²) < 4.78 is 0. The predicted octanol–water partition coefficient (Wildman–Crippen LogP) is 1.50. The van der Waals surface area contributed by atoms with Crippen molar-refractivity contribution < 1.29 is 0 Å². The topological polar surface area (TPSA) is 87.0 Å². The molecule has 0 bridgehead atoms. The minimum Gasteiger partial charge on any atom is -0.399 e. The molecule has 114 valence electrons. The Morgan fingerprint density at radius 1 is 1.38 bits per heavy atom. The van der Waals surface area contributed by atoms with Gasteiger partial charge < -0.3 is 16.0 Å². The number of nitrogens with one attached hydrogen (secondary N) is 2. The zero-order chi connectivity index (χ0) is 15.6. The van der Waals surface area contributed by atoms with E-state index in [2.05, 4.69) is 34.0 Å². The summed E-state index contributed by atoms with van der Waals surface area (Å²) in [6.07, 6.45) is 0. The van der Waals surface area contributed by atoms with Gasteiger partial charge in [0.05, 0.1) is 10.9 Å². The molecule has 0 radical (unpaired) electrons. The maximum absolute atomic E-state index is 12.1. The lowest BCUT2D eigenvalue weighted by Crippen LogP contribution is -2.35. The average molecular weight is 289 g/mol. The minimum atomic E-state index is -0.180. The molecule has 0 fully saturated rings. The zero-order valence-electron chi connectivity index (χ0n) is 13.0. The first-order valence-corrected chi connectivity index (χ1v) is 6.95. The number of hydrogen-bond donors (Lipinski definition) is 3. The Bertz CT molecular complexity index is 690. The molecular weight excluding hydrogens is 266 g/mol. The second kappa shape index (κ2) is 5.73. The number of fused-ring (bicyclic) bond motifs is 1. The maximum Gasteiger partial charge on any atom is 0.260 e. The number of nitrogens with two attached hydrogens (primary N) is 1. The number of aromatic nitrogens is 2. The van der Waals surface area contributed by atoms with E-state index in [1.54, 1.807) is 18.2 Å². The maximum atomic E-state index is 12.1. The Kier molecular flexibility index (Phi) is 4.18. The summed E-state index contributed by atoms with van der Waals surface area (Å²) >= 11 is 0. The van der Waals surface area contributed by atoms with Gasteiger partial charge in [-0.1, -0.05) is 13.8 Å². The number of rotatable bonds is 5. The molecule has 0 atom stereocenters. The SMILES string of the molecule is CN(C)CC(C)(C)CNc1nc2ccc(N)cc2c(=O)[nH]1. The minimum absolute atomic E-state index is 0.0676. The number of aromatic amines is 1. The number of benzene rings is 1. The van der Waals surface area contributed by atoms with Crippen LogP contribution in [0.3, 0.4) is 0 Å². The summed E-state index contributed by atoms with van der Waals surface area (Å²) in [6, 6.07) is 5.14. The van der Waals surface area contributed by atoms with Crippen molar-refractivity contribution in [1.29, 1.82) is 0 Å². The Balaban J connectivity index is 2.20. The highest BCUT2D eigenvalue weighted by atomic mass is 16.1. The Labute approximate surface area is 124 Å². The fourth-order valence-corrected chi connectivity index (χ4v) is 2.47. The van der Waals surface area contributed by atoms with Gasteiger partial charge in [0.25, 0.3) is 5.56 Å². The lowest BCUT2D eigenvalue weighted by molar-refractivity contribution is 0.254. The second-order valence-corrected chi connectivity index (χ2v) is 6.45. The van der Waals surface area contributed by atoms with Gasteiger partial charge in [0.1, 0.15) is 0 Å². The second-order valence-electron chi connectivity index (χ2n) is 6.45. The Morgan fingerprint density at radius 2 is 2.10 bits per heavy atom. The van der Waals surface area contributed by atoms with E-state index < -0.39 is 0 Å². The van der Waals surface area contributed by atoms with Crippen LogP contribution in [0.15, 0.2) is 23.0 Å². The Morgan fingerprint density at radius 3 is 2.76 bits per heavy atom. The van der Waals surface area contributed by atoms with Crippen LogP contribution in [0.1, 0.15) is 13.8 Å². The van der Waals surface area contributed by atoms with Crippen molar-refractivity contribution in [2.24, 2.45) is 5.41 Å². The van der Waals surface area contributed by atoms with E-state index in [-0.39, 0.29) is 11.0 Å². The van der Waals surface area contributed by atoms with Crippen LogP contribution in [0.2, 0.25) is 0 Å². The van der Waals surface area contributed by atoms with Gasteiger partial charge in [-0.15, -0.1) is 0 Å². The smallest absolute Gasteiger partial charge is 0.260 e. The highest BCUT2D eigenvalue weighted by Crippen LogP contribution is 2.17. The molecule has 21 heavy (non-hydrogen) atoms. The third-order valence-corrected chi connectivity index (χ3v) is 3.21. The fourth-order valence-electron chi connectivity index (χ4n) is 2.47. The molecule has 1 heterocycles. The fraction of sp³-hybridized carbons (Fsp3) is 0.467. The van der Waals surface area contributed by atoms with Crippen LogP contribution in [0.4, 0.5) is 11.6 Å². The number of anilines is 2. The van der Waals surface area contributed by atoms with Gasteiger partial charge in [0.2, 0.25) is 5.95 Å². The summed E-state index contributed by atoms with van der Waals surface area (Å²) in [4.78, 5) is 21.4. The van der Waals surface area contributed by atoms with Crippen LogP contribution in [0.5, 0.6) is 0 Å². The van der Waals surface area contributed by atoms with E-state index in [9.17, 15) is 4.79 Å². The van der Waals surface area contributed by atoms with Crippen LogP contribution in [0.25, 0.3) is 10.9 Å². The summed E-state index contributed by atoms with van der Waals surface area (Å²) in [5.41, 5.74) is 6.78. The lowest BCUT2D eigenvalue weighted by Gasteiger charge is -2.28. The molecule has 4 N–H and O–H groups in total. The van der Waals surface area contributed by atoms with E-state index in [0.717, 1.165) is 6.54 Å². The van der Waals surface area contributed by atoms with Gasteiger partial charge in [0.15, 0.2) is 0 Å². The zero-order valence-corrected chi connectivity index (χ0v) is 13.0. The molecular formula is C15H23N5O. The van der Waals surface area contributed by atoms with Crippen molar-refractivity contribution in [3.63, 3.8) is 0 Å². The van der Waals surface area contributed by atoms with Crippen LogP contribution in [-0.2, 0) is 0 Å². The molecule has 0 aliphatic carbocycles. The largest absolute Gasteiger partial charge is 0.399 e. The van der Waals surface area contributed by atoms with E-state index in [1.165, 1.54) is 0 Å². The van der Waals surface area contributed by atoms with Crippen molar-refractivity contribution in [2.75, 3.05) is 38.2 Å². The van der Waals surface area contributed by atoms with Crippen molar-refractivity contribution in [1.82, 2.24) is 14.9 Å². The molecule has 2 rings (SSSR count). The number of nitrogen functional groups attached to an aromatic ring is 1. The Hall–Kier alpha value is -2.08. The van der Waals surface area contributed by atoms with Crippen LogP contribution >= 0.6 is 0 Å². The molecule has 0 spiro atoms. The standard InChI is InChI=1S/C15H23N5O/c1-15(2,9-20(3)4)8-17-14-18-12-6-5-10(16)7-11(12)13(21)19-14/h5-7H,8-9,16H2,1-4H3,(H2,17,18,19,21). The monoisotopic (exact) mass is 289 g/mol. The summed E-state index contributed by atoms with van der Waals surface area (Å²) in [5, 5.41) is 3.72. The van der Waals surface area contributed by atoms with Crippen molar-refractivity contribution in [3.05, 3.63) is 28.6 Å². The summed E-state index contributed by atoms with van der Waals surface area (Å²) in [6.45, 7) is 5.99. The molecule has 1 aromatic heterocycles. The molecule has 0 aliphatic rings. The van der Waals surface area contributed by atoms with Crippen LogP contribution in [-0.4, -0.2) is 42.1 Å². The summed E-state index contributed by atoms with van der Waals surface area (Å²) in [7, 11) is 4.09. The van der Waals surface area contributed by atoms with Gasteiger partial charge in [0, 0.05) is 18.8 Å². The molecule has 6 nitrogen and oxygen atoms in total. The molecule has 0 amide bonds. The van der Waals surface area contributed by atoms with E-state index in [1.807, 2.05) is 14.1 Å². The first kappa shape index (κ1) is 15.3. The van der Waals surface area contributed by atoms with E-state index in [0.29, 0.717) is 29.1 Å². The lowest BCUT2D eigenvalue weighted by atomic mass is 9.93. The molecule has 2 aromatic rings. The van der Waals surface area contributed by atoms with E-state index >= 15 is 0 Å². The highest BCUT2D eigenvalue weighted by molar-refractivity contribution is 5.81. The quantitative estimate of drug-likeness (QED) is 0.726. The average Bonchev–Trinajstić information content (AvgIpc) is 2.36.